The maximum Gasteiger partial charge on any atom is 0.161 e. The van der Waals surface area contributed by atoms with E-state index in [0.717, 1.165) is 18.7 Å². The third-order valence-corrected chi connectivity index (χ3v) is 4.31. The molecule has 2 atom stereocenters. The molecule has 0 aromatic heterocycles. The number of piperidine rings is 1. The normalized spacial score (nSPS) is 22.8. The van der Waals surface area contributed by atoms with Crippen molar-refractivity contribution >= 4 is 0 Å². The van der Waals surface area contributed by atoms with E-state index in [1.54, 1.807) is 6.07 Å². The van der Waals surface area contributed by atoms with Crippen molar-refractivity contribution in [3.8, 4) is 11.5 Å². The maximum absolute atomic E-state index is 10.3. The summed E-state index contributed by atoms with van der Waals surface area (Å²) in [6.07, 6.45) is 3.09. The van der Waals surface area contributed by atoms with Gasteiger partial charge in [0.25, 0.3) is 0 Å². The highest BCUT2D eigenvalue weighted by atomic mass is 16.5. The number of hydrogen-bond acceptors (Lipinski definition) is 4. The van der Waals surface area contributed by atoms with Gasteiger partial charge in [0.15, 0.2) is 11.5 Å². The van der Waals surface area contributed by atoms with Crippen LogP contribution in [-0.4, -0.2) is 35.4 Å². The van der Waals surface area contributed by atoms with E-state index < -0.39 is 5.66 Å². The molecule has 21 heavy (non-hydrogen) atoms. The van der Waals surface area contributed by atoms with E-state index in [9.17, 15) is 5.11 Å². The molecule has 1 saturated heterocycles. The lowest BCUT2D eigenvalue weighted by molar-refractivity contribution is 0.0622. The fourth-order valence-corrected chi connectivity index (χ4v) is 3.13. The number of ether oxygens (including phenoxy) is 1. The molecule has 1 aromatic rings. The molecule has 0 amide bonds. The second-order valence-corrected chi connectivity index (χ2v) is 6.42. The van der Waals surface area contributed by atoms with Crippen molar-refractivity contribution in [3.63, 3.8) is 0 Å². The second-order valence-electron chi connectivity index (χ2n) is 6.42. The van der Waals surface area contributed by atoms with Crippen LogP contribution < -0.4 is 10.5 Å². The van der Waals surface area contributed by atoms with Gasteiger partial charge in [0.05, 0.1) is 12.3 Å². The Balaban J connectivity index is 2.14. The van der Waals surface area contributed by atoms with E-state index in [0.29, 0.717) is 24.7 Å². The lowest BCUT2D eigenvalue weighted by Crippen LogP contribution is -2.58. The summed E-state index contributed by atoms with van der Waals surface area (Å²) in [5.74, 6) is 1.45. The van der Waals surface area contributed by atoms with Crippen LogP contribution in [0.1, 0.15) is 39.2 Å². The summed E-state index contributed by atoms with van der Waals surface area (Å²) in [6.45, 7) is 8.84. The van der Waals surface area contributed by atoms with Crippen molar-refractivity contribution in [3.05, 3.63) is 23.8 Å². The summed E-state index contributed by atoms with van der Waals surface area (Å²) >= 11 is 0. The average molecular weight is 292 g/mol. The number of nitrogens with two attached hydrogens (primary N) is 1. The molecule has 2 unspecified atom stereocenters. The van der Waals surface area contributed by atoms with E-state index in [-0.39, 0.29) is 5.75 Å². The molecule has 4 heteroatoms. The lowest BCUT2D eigenvalue weighted by atomic mass is 9.93. The summed E-state index contributed by atoms with van der Waals surface area (Å²) < 4.78 is 5.45. The standard InChI is InChI=1S/C17H28N2O2/c1-4-21-15-9-5-8-14(16(15)20)11-17(3,18)19-10-6-7-13(2)12-19/h5,8-9,13,20H,4,6-7,10-12,18H2,1-3H3. The Morgan fingerprint density at radius 1 is 1.48 bits per heavy atom. The first kappa shape index (κ1) is 16.1. The first-order chi connectivity index (χ1) is 9.94. The van der Waals surface area contributed by atoms with Crippen LogP contribution in [0.3, 0.4) is 0 Å². The number of rotatable bonds is 5. The van der Waals surface area contributed by atoms with Crippen LogP contribution in [0.25, 0.3) is 0 Å². The zero-order chi connectivity index (χ0) is 15.5. The second kappa shape index (κ2) is 6.67. The first-order valence-corrected chi connectivity index (χ1v) is 7.91. The lowest BCUT2D eigenvalue weighted by Gasteiger charge is -2.43. The van der Waals surface area contributed by atoms with Gasteiger partial charge in [-0.15, -0.1) is 0 Å². The number of nitrogens with zero attached hydrogens (tertiary/aromatic N) is 1. The van der Waals surface area contributed by atoms with E-state index in [4.69, 9.17) is 10.5 Å². The van der Waals surface area contributed by atoms with Gasteiger partial charge in [-0.3, -0.25) is 4.90 Å². The van der Waals surface area contributed by atoms with Gasteiger partial charge in [0.2, 0.25) is 0 Å². The van der Waals surface area contributed by atoms with Gasteiger partial charge in [-0.1, -0.05) is 19.1 Å². The Bertz CT molecular complexity index is 474. The van der Waals surface area contributed by atoms with E-state index in [1.165, 1.54) is 12.8 Å². The average Bonchev–Trinajstić information content (AvgIpc) is 2.43. The van der Waals surface area contributed by atoms with Gasteiger partial charge in [0, 0.05) is 18.5 Å². The molecule has 4 nitrogen and oxygen atoms in total. The molecular weight excluding hydrogens is 264 g/mol. The highest BCUT2D eigenvalue weighted by molar-refractivity contribution is 5.46. The van der Waals surface area contributed by atoms with Crippen molar-refractivity contribution in [2.45, 2.75) is 45.7 Å². The molecule has 0 bridgehead atoms. The van der Waals surface area contributed by atoms with Gasteiger partial charge >= 0.3 is 0 Å². The van der Waals surface area contributed by atoms with Gasteiger partial charge < -0.3 is 15.6 Å². The molecule has 2 rings (SSSR count). The molecule has 0 spiro atoms. The largest absolute Gasteiger partial charge is 0.504 e. The van der Waals surface area contributed by atoms with Crippen molar-refractivity contribution < 1.29 is 9.84 Å². The molecule has 1 heterocycles. The summed E-state index contributed by atoms with van der Waals surface area (Å²) in [7, 11) is 0. The van der Waals surface area contributed by atoms with Gasteiger partial charge in [0.1, 0.15) is 0 Å². The predicted octanol–water partition coefficient (Wildman–Crippen LogP) is 2.74. The van der Waals surface area contributed by atoms with Crippen LogP contribution in [0.4, 0.5) is 0 Å². The maximum atomic E-state index is 10.3. The Morgan fingerprint density at radius 2 is 2.24 bits per heavy atom. The SMILES string of the molecule is CCOc1cccc(CC(C)(N)N2CCCC(C)C2)c1O. The quantitative estimate of drug-likeness (QED) is 0.876. The molecule has 1 fully saturated rings. The molecule has 0 radical (unpaired) electrons. The van der Waals surface area contributed by atoms with Crippen molar-refractivity contribution in [1.82, 2.24) is 4.90 Å². The fraction of sp³-hybridized carbons (Fsp3) is 0.647. The molecule has 0 aliphatic carbocycles. The molecule has 3 N–H and O–H groups in total. The van der Waals surface area contributed by atoms with Crippen LogP contribution >= 0.6 is 0 Å². The number of para-hydroxylation sites is 1. The molecule has 1 aliphatic rings. The van der Waals surface area contributed by atoms with E-state index in [1.807, 2.05) is 19.1 Å². The van der Waals surface area contributed by atoms with Crippen LogP contribution in [0.15, 0.2) is 18.2 Å². The Morgan fingerprint density at radius 3 is 2.90 bits per heavy atom. The predicted molar refractivity (Wildman–Crippen MR) is 85.5 cm³/mol. The van der Waals surface area contributed by atoms with E-state index >= 15 is 0 Å². The highest BCUT2D eigenvalue weighted by Crippen LogP contribution is 2.33. The molecule has 118 valence electrons. The minimum absolute atomic E-state index is 0.223. The molecule has 1 aromatic carbocycles. The van der Waals surface area contributed by atoms with Crippen LogP contribution in [0.5, 0.6) is 11.5 Å². The van der Waals surface area contributed by atoms with E-state index in [2.05, 4.69) is 18.7 Å². The summed E-state index contributed by atoms with van der Waals surface area (Å²) in [5, 5.41) is 10.3. The van der Waals surface area contributed by atoms with Crippen LogP contribution in [0.2, 0.25) is 0 Å². The smallest absolute Gasteiger partial charge is 0.161 e. The highest BCUT2D eigenvalue weighted by Gasteiger charge is 2.31. The number of aromatic hydroxyl groups is 1. The van der Waals surface area contributed by atoms with Gasteiger partial charge in [-0.05, 0) is 45.2 Å². The zero-order valence-corrected chi connectivity index (χ0v) is 13.4. The van der Waals surface area contributed by atoms with Crippen molar-refractivity contribution in [2.75, 3.05) is 19.7 Å². The van der Waals surface area contributed by atoms with Crippen molar-refractivity contribution in [2.24, 2.45) is 11.7 Å². The van der Waals surface area contributed by atoms with Crippen molar-refractivity contribution in [1.29, 1.82) is 0 Å². The Kier molecular flexibility index (Phi) is 5.12. The minimum atomic E-state index is -0.447. The number of benzene rings is 1. The number of likely N-dealkylation sites (tertiary alicyclic amines) is 1. The summed E-state index contributed by atoms with van der Waals surface area (Å²) in [4.78, 5) is 2.34. The number of phenols is 1. The summed E-state index contributed by atoms with van der Waals surface area (Å²) in [6, 6.07) is 5.63. The number of phenolic OH excluding ortho intramolecular Hbond substituents is 1. The topological polar surface area (TPSA) is 58.7 Å². The first-order valence-electron chi connectivity index (χ1n) is 7.91. The Hall–Kier alpha value is -1.26. The zero-order valence-electron chi connectivity index (χ0n) is 13.4. The van der Waals surface area contributed by atoms with Gasteiger partial charge in [-0.2, -0.15) is 0 Å². The monoisotopic (exact) mass is 292 g/mol. The van der Waals surface area contributed by atoms with Crippen LogP contribution in [0, 0.1) is 5.92 Å². The third-order valence-electron chi connectivity index (χ3n) is 4.31. The third kappa shape index (κ3) is 3.89. The minimum Gasteiger partial charge on any atom is -0.504 e. The fourth-order valence-electron chi connectivity index (χ4n) is 3.13. The van der Waals surface area contributed by atoms with Gasteiger partial charge in [-0.25, -0.2) is 0 Å². The summed E-state index contributed by atoms with van der Waals surface area (Å²) in [5.41, 5.74) is 6.96. The molecular formula is C17H28N2O2. The molecule has 0 saturated carbocycles. The number of hydrogen-bond donors (Lipinski definition) is 2. The molecule has 1 aliphatic heterocycles. The van der Waals surface area contributed by atoms with Crippen LogP contribution in [-0.2, 0) is 6.42 Å². The Labute approximate surface area is 127 Å².